The SMILES string of the molecule is CC(C)Oc1ccc(C(=O)N/N=C\c2ccc(OC(F)F)cc2OC(F)F)cc1. The lowest BCUT2D eigenvalue weighted by atomic mass is 10.2. The zero-order valence-corrected chi connectivity index (χ0v) is 15.4. The summed E-state index contributed by atoms with van der Waals surface area (Å²) in [6.07, 6.45) is 1.03. The van der Waals surface area contributed by atoms with Crippen molar-refractivity contribution >= 4 is 12.1 Å². The predicted molar refractivity (Wildman–Crippen MR) is 97.0 cm³/mol. The van der Waals surface area contributed by atoms with Crippen LogP contribution in [0.25, 0.3) is 0 Å². The zero-order chi connectivity index (χ0) is 21.4. The maximum atomic E-state index is 12.5. The van der Waals surface area contributed by atoms with Gasteiger partial charge in [0.05, 0.1) is 12.3 Å². The van der Waals surface area contributed by atoms with Crippen LogP contribution in [0, 0.1) is 0 Å². The molecule has 0 aliphatic heterocycles. The van der Waals surface area contributed by atoms with Gasteiger partial charge in [0.25, 0.3) is 5.91 Å². The third-order valence-electron chi connectivity index (χ3n) is 3.28. The molecular formula is C19H18F4N2O4. The predicted octanol–water partition coefficient (Wildman–Crippen LogP) is 4.44. The van der Waals surface area contributed by atoms with E-state index in [-0.39, 0.29) is 17.4 Å². The molecule has 2 aromatic rings. The molecule has 1 amide bonds. The van der Waals surface area contributed by atoms with Crippen molar-refractivity contribution in [2.75, 3.05) is 0 Å². The fraction of sp³-hybridized carbons (Fsp3) is 0.263. The topological polar surface area (TPSA) is 69.2 Å². The van der Waals surface area contributed by atoms with Crippen molar-refractivity contribution < 1.29 is 36.6 Å². The molecule has 0 saturated heterocycles. The Bertz CT molecular complexity index is 843. The molecular weight excluding hydrogens is 396 g/mol. The Labute approximate surface area is 164 Å². The number of hydrazone groups is 1. The number of alkyl halides is 4. The van der Waals surface area contributed by atoms with Crippen LogP contribution in [0.5, 0.6) is 17.2 Å². The van der Waals surface area contributed by atoms with Crippen LogP contribution in [0.1, 0.15) is 29.8 Å². The lowest BCUT2D eigenvalue weighted by Gasteiger charge is -2.11. The Morgan fingerprint density at radius 1 is 0.931 bits per heavy atom. The number of hydrogen-bond acceptors (Lipinski definition) is 5. The van der Waals surface area contributed by atoms with Crippen molar-refractivity contribution in [1.29, 1.82) is 0 Å². The van der Waals surface area contributed by atoms with Gasteiger partial charge in [-0.3, -0.25) is 4.79 Å². The minimum Gasteiger partial charge on any atom is -0.491 e. The van der Waals surface area contributed by atoms with Crippen LogP contribution in [0.2, 0.25) is 0 Å². The van der Waals surface area contributed by atoms with Crippen molar-refractivity contribution in [1.82, 2.24) is 5.43 Å². The highest BCUT2D eigenvalue weighted by molar-refractivity contribution is 5.95. The standard InChI is InChI=1S/C19H18F4N2O4/c1-11(2)27-14-6-3-12(4-7-14)17(26)25-24-10-13-5-8-15(28-18(20)21)9-16(13)29-19(22)23/h3-11,18-19H,1-2H3,(H,25,26)/b24-10-. The van der Waals surface area contributed by atoms with E-state index in [1.54, 1.807) is 12.1 Å². The number of carbonyl (C=O) groups is 1. The van der Waals surface area contributed by atoms with Gasteiger partial charge >= 0.3 is 13.2 Å². The van der Waals surface area contributed by atoms with Gasteiger partial charge in [-0.2, -0.15) is 22.7 Å². The van der Waals surface area contributed by atoms with Gasteiger partial charge in [-0.05, 0) is 50.2 Å². The second kappa shape index (κ2) is 10.3. The molecule has 0 atom stereocenters. The van der Waals surface area contributed by atoms with E-state index >= 15 is 0 Å². The summed E-state index contributed by atoms with van der Waals surface area (Å²) in [6, 6.07) is 9.48. The first-order valence-electron chi connectivity index (χ1n) is 8.38. The molecule has 1 N–H and O–H groups in total. The number of amides is 1. The average molecular weight is 414 g/mol. The van der Waals surface area contributed by atoms with Gasteiger partial charge < -0.3 is 14.2 Å². The van der Waals surface area contributed by atoms with Crippen LogP contribution in [0.15, 0.2) is 47.6 Å². The molecule has 0 spiro atoms. The van der Waals surface area contributed by atoms with Gasteiger partial charge in [0.15, 0.2) is 0 Å². The molecule has 29 heavy (non-hydrogen) atoms. The first kappa shape index (κ1) is 22.0. The number of halogens is 4. The van der Waals surface area contributed by atoms with Crippen LogP contribution in [-0.4, -0.2) is 31.4 Å². The Morgan fingerprint density at radius 3 is 2.14 bits per heavy atom. The van der Waals surface area contributed by atoms with E-state index < -0.39 is 24.9 Å². The van der Waals surface area contributed by atoms with Crippen LogP contribution in [0.3, 0.4) is 0 Å². The summed E-state index contributed by atoms with van der Waals surface area (Å²) in [7, 11) is 0. The highest BCUT2D eigenvalue weighted by Crippen LogP contribution is 2.26. The van der Waals surface area contributed by atoms with Crippen LogP contribution < -0.4 is 19.6 Å². The largest absolute Gasteiger partial charge is 0.491 e. The molecule has 2 aromatic carbocycles. The summed E-state index contributed by atoms with van der Waals surface area (Å²) >= 11 is 0. The highest BCUT2D eigenvalue weighted by Gasteiger charge is 2.13. The lowest BCUT2D eigenvalue weighted by Crippen LogP contribution is -2.17. The second-order valence-corrected chi connectivity index (χ2v) is 5.85. The van der Waals surface area contributed by atoms with E-state index in [0.29, 0.717) is 11.3 Å². The molecule has 0 saturated carbocycles. The van der Waals surface area contributed by atoms with Gasteiger partial charge in [0.1, 0.15) is 17.2 Å². The van der Waals surface area contributed by atoms with Gasteiger partial charge in [-0.1, -0.05) is 0 Å². The van der Waals surface area contributed by atoms with Gasteiger partial charge in [-0.25, -0.2) is 5.43 Å². The number of hydrogen-bond donors (Lipinski definition) is 1. The maximum absolute atomic E-state index is 12.5. The van der Waals surface area contributed by atoms with Crippen LogP contribution in [0.4, 0.5) is 17.6 Å². The molecule has 10 heteroatoms. The van der Waals surface area contributed by atoms with Crippen LogP contribution in [-0.2, 0) is 0 Å². The molecule has 0 aliphatic rings. The van der Waals surface area contributed by atoms with Crippen molar-refractivity contribution in [2.45, 2.75) is 33.2 Å². The average Bonchev–Trinajstić information content (AvgIpc) is 2.62. The fourth-order valence-electron chi connectivity index (χ4n) is 2.18. The molecule has 0 heterocycles. The minimum absolute atomic E-state index is 0.0126. The Balaban J connectivity index is 2.07. The summed E-state index contributed by atoms with van der Waals surface area (Å²) in [5, 5.41) is 3.68. The van der Waals surface area contributed by atoms with E-state index in [4.69, 9.17) is 4.74 Å². The molecule has 156 valence electrons. The quantitative estimate of drug-likeness (QED) is 0.374. The normalized spacial score (nSPS) is 11.3. The third kappa shape index (κ3) is 7.32. The summed E-state index contributed by atoms with van der Waals surface area (Å²) in [5.41, 5.74) is 2.55. The second-order valence-electron chi connectivity index (χ2n) is 5.85. The minimum atomic E-state index is -3.19. The number of rotatable bonds is 9. The molecule has 6 nitrogen and oxygen atoms in total. The van der Waals surface area contributed by atoms with E-state index in [0.717, 1.165) is 18.3 Å². The van der Waals surface area contributed by atoms with Crippen molar-refractivity contribution in [3.8, 4) is 17.2 Å². The Hall–Kier alpha value is -3.30. The Kier molecular flexibility index (Phi) is 7.81. The molecule has 0 bridgehead atoms. The van der Waals surface area contributed by atoms with E-state index in [2.05, 4.69) is 20.0 Å². The summed E-state index contributed by atoms with van der Waals surface area (Å²) in [4.78, 5) is 12.1. The number of ether oxygens (including phenoxy) is 3. The Morgan fingerprint density at radius 2 is 1.55 bits per heavy atom. The molecule has 0 fully saturated rings. The molecule has 0 aromatic heterocycles. The van der Waals surface area contributed by atoms with Gasteiger partial charge in [-0.15, -0.1) is 0 Å². The highest BCUT2D eigenvalue weighted by atomic mass is 19.3. The van der Waals surface area contributed by atoms with Gasteiger partial charge in [0, 0.05) is 17.2 Å². The van der Waals surface area contributed by atoms with Crippen molar-refractivity contribution in [3.05, 3.63) is 53.6 Å². The monoisotopic (exact) mass is 414 g/mol. The molecule has 0 unspecified atom stereocenters. The van der Waals surface area contributed by atoms with E-state index in [1.807, 2.05) is 13.8 Å². The molecule has 2 rings (SSSR count). The summed E-state index contributed by atoms with van der Waals surface area (Å²) in [6.45, 7) is -2.57. The van der Waals surface area contributed by atoms with E-state index in [1.165, 1.54) is 18.2 Å². The van der Waals surface area contributed by atoms with Crippen LogP contribution >= 0.6 is 0 Å². The number of benzene rings is 2. The number of nitrogens with zero attached hydrogens (tertiary/aromatic N) is 1. The molecule has 0 radical (unpaired) electrons. The van der Waals surface area contributed by atoms with Gasteiger partial charge in [0.2, 0.25) is 0 Å². The van der Waals surface area contributed by atoms with Crippen molar-refractivity contribution in [3.63, 3.8) is 0 Å². The fourth-order valence-corrected chi connectivity index (χ4v) is 2.18. The number of nitrogens with one attached hydrogen (secondary N) is 1. The summed E-state index contributed by atoms with van der Waals surface area (Å²) in [5.74, 6) is -0.752. The molecule has 0 aliphatic carbocycles. The smallest absolute Gasteiger partial charge is 0.387 e. The first-order valence-corrected chi connectivity index (χ1v) is 8.38. The third-order valence-corrected chi connectivity index (χ3v) is 3.28. The first-order chi connectivity index (χ1) is 13.7. The van der Waals surface area contributed by atoms with Crippen molar-refractivity contribution in [2.24, 2.45) is 5.10 Å². The summed E-state index contributed by atoms with van der Waals surface area (Å²) < 4.78 is 63.5. The zero-order valence-electron chi connectivity index (χ0n) is 15.4. The van der Waals surface area contributed by atoms with E-state index in [9.17, 15) is 22.4 Å². The lowest BCUT2D eigenvalue weighted by molar-refractivity contribution is -0.0543. The number of carbonyl (C=O) groups excluding carboxylic acids is 1. The maximum Gasteiger partial charge on any atom is 0.387 e.